The Morgan fingerprint density at radius 3 is 2.76 bits per heavy atom. The minimum atomic E-state index is -0.0416. The Kier molecular flexibility index (Phi) is 4.63. The largest absolute Gasteiger partial charge is 0.373 e. The lowest BCUT2D eigenvalue weighted by Crippen LogP contribution is -2.46. The highest BCUT2D eigenvalue weighted by atomic mass is 32.1. The van der Waals surface area contributed by atoms with Crippen molar-refractivity contribution in [1.29, 1.82) is 0 Å². The van der Waals surface area contributed by atoms with E-state index in [1.165, 1.54) is 34.9 Å². The van der Waals surface area contributed by atoms with Crippen molar-refractivity contribution < 1.29 is 4.74 Å². The van der Waals surface area contributed by atoms with Gasteiger partial charge < -0.3 is 10.1 Å². The van der Waals surface area contributed by atoms with Gasteiger partial charge >= 0.3 is 0 Å². The van der Waals surface area contributed by atoms with E-state index in [9.17, 15) is 0 Å². The first-order valence-corrected chi connectivity index (χ1v) is 8.96. The van der Waals surface area contributed by atoms with Crippen molar-refractivity contribution in [2.24, 2.45) is 0 Å². The molecule has 2 aromatic rings. The minimum Gasteiger partial charge on any atom is -0.373 e. The first-order chi connectivity index (χ1) is 10.3. The first-order valence-electron chi connectivity index (χ1n) is 8.08. The van der Waals surface area contributed by atoms with E-state index >= 15 is 0 Å². The zero-order chi connectivity index (χ0) is 14.7. The fourth-order valence-electron chi connectivity index (χ4n) is 3.90. The maximum Gasteiger partial charge on any atom is 0.0876 e. The van der Waals surface area contributed by atoms with Crippen LogP contribution in [0.25, 0.3) is 10.1 Å². The number of ether oxygens (including phenoxy) is 1. The van der Waals surface area contributed by atoms with Crippen LogP contribution < -0.4 is 5.32 Å². The molecular weight excluding hydrogens is 278 g/mol. The third-order valence-corrected chi connectivity index (χ3v) is 5.75. The predicted octanol–water partition coefficient (Wildman–Crippen LogP) is 4.90. The summed E-state index contributed by atoms with van der Waals surface area (Å²) >= 11 is 1.84. The van der Waals surface area contributed by atoms with Crippen molar-refractivity contribution in [1.82, 2.24) is 5.32 Å². The molecule has 21 heavy (non-hydrogen) atoms. The van der Waals surface area contributed by atoms with E-state index in [1.54, 1.807) is 0 Å². The van der Waals surface area contributed by atoms with Gasteiger partial charge in [-0.3, -0.25) is 0 Å². The maximum absolute atomic E-state index is 6.35. The Morgan fingerprint density at radius 1 is 1.24 bits per heavy atom. The number of hydrogen-bond acceptors (Lipinski definition) is 3. The van der Waals surface area contributed by atoms with E-state index in [1.807, 2.05) is 11.3 Å². The molecular formula is C18H25NOS. The van der Waals surface area contributed by atoms with Gasteiger partial charge in [0.15, 0.2) is 0 Å². The maximum atomic E-state index is 6.35. The van der Waals surface area contributed by atoms with Crippen molar-refractivity contribution in [3.8, 4) is 0 Å². The second-order valence-corrected chi connectivity index (χ2v) is 6.88. The lowest BCUT2D eigenvalue weighted by atomic mass is 9.76. The summed E-state index contributed by atoms with van der Waals surface area (Å²) in [5, 5.41) is 7.11. The Morgan fingerprint density at radius 2 is 2.05 bits per heavy atom. The molecule has 1 N–H and O–H groups in total. The molecule has 1 aliphatic rings. The molecule has 0 saturated heterocycles. The molecule has 0 spiro atoms. The van der Waals surface area contributed by atoms with Crippen LogP contribution >= 0.6 is 11.3 Å². The molecule has 0 bridgehead atoms. The van der Waals surface area contributed by atoms with Crippen LogP contribution in [0.5, 0.6) is 0 Å². The molecule has 3 heteroatoms. The van der Waals surface area contributed by atoms with Gasteiger partial charge in [-0.1, -0.05) is 37.5 Å². The molecule has 1 saturated carbocycles. The molecule has 114 valence electrons. The van der Waals surface area contributed by atoms with E-state index < -0.39 is 0 Å². The highest BCUT2D eigenvalue weighted by Crippen LogP contribution is 2.43. The molecule has 1 aliphatic carbocycles. The van der Waals surface area contributed by atoms with Crippen LogP contribution in [0.1, 0.15) is 50.6 Å². The average molecular weight is 303 g/mol. The van der Waals surface area contributed by atoms with Crippen molar-refractivity contribution in [3.05, 3.63) is 35.2 Å². The number of nitrogens with one attached hydrogen (secondary N) is 1. The van der Waals surface area contributed by atoms with Gasteiger partial charge in [0.1, 0.15) is 0 Å². The fourth-order valence-corrected chi connectivity index (χ4v) is 4.84. The standard InChI is InChI=1S/C18H25NOS/c1-3-20-18(11-5-4-6-12-18)17(19-2)15-9-7-8-14-10-13-21-16(14)15/h7-10,13,17,19H,3-6,11-12H2,1-2H3. The van der Waals surface area contributed by atoms with E-state index in [4.69, 9.17) is 4.74 Å². The van der Waals surface area contributed by atoms with Gasteiger partial charge in [-0.05, 0) is 49.2 Å². The third kappa shape index (κ3) is 2.75. The molecule has 0 amide bonds. The SMILES string of the molecule is CCOC1(C(NC)c2cccc3ccsc23)CCCCC1. The van der Waals surface area contributed by atoms with Crippen LogP contribution in [-0.4, -0.2) is 19.3 Å². The van der Waals surface area contributed by atoms with Gasteiger partial charge in [-0.25, -0.2) is 0 Å². The molecule has 3 rings (SSSR count). The second kappa shape index (κ2) is 6.47. The molecule has 1 aromatic heterocycles. The summed E-state index contributed by atoms with van der Waals surface area (Å²) in [5.41, 5.74) is 1.36. The average Bonchev–Trinajstić information content (AvgIpc) is 2.98. The summed E-state index contributed by atoms with van der Waals surface area (Å²) in [5.74, 6) is 0. The Hall–Kier alpha value is -0.900. The van der Waals surface area contributed by atoms with Crippen LogP contribution in [-0.2, 0) is 4.74 Å². The summed E-state index contributed by atoms with van der Waals surface area (Å²) in [7, 11) is 2.08. The van der Waals surface area contributed by atoms with E-state index in [0.717, 1.165) is 19.4 Å². The van der Waals surface area contributed by atoms with Gasteiger partial charge in [0.2, 0.25) is 0 Å². The number of benzene rings is 1. The molecule has 0 aliphatic heterocycles. The van der Waals surface area contributed by atoms with Crippen molar-refractivity contribution in [2.75, 3.05) is 13.7 Å². The Bertz CT molecular complexity index is 580. The van der Waals surface area contributed by atoms with Crippen molar-refractivity contribution in [3.63, 3.8) is 0 Å². The van der Waals surface area contributed by atoms with E-state index in [-0.39, 0.29) is 11.6 Å². The zero-order valence-corrected chi connectivity index (χ0v) is 13.8. The molecule has 1 unspecified atom stereocenters. The molecule has 0 radical (unpaired) electrons. The van der Waals surface area contributed by atoms with Crippen LogP contribution in [0.15, 0.2) is 29.6 Å². The smallest absolute Gasteiger partial charge is 0.0876 e. The Labute approximate surface area is 131 Å². The predicted molar refractivity (Wildman–Crippen MR) is 91.1 cm³/mol. The lowest BCUT2D eigenvalue weighted by Gasteiger charge is -2.43. The summed E-state index contributed by atoms with van der Waals surface area (Å²) in [6.45, 7) is 2.91. The summed E-state index contributed by atoms with van der Waals surface area (Å²) in [6.07, 6.45) is 6.22. The first kappa shape index (κ1) is 15.0. The second-order valence-electron chi connectivity index (χ2n) is 5.97. The van der Waals surface area contributed by atoms with Gasteiger partial charge in [0.25, 0.3) is 0 Å². The number of likely N-dealkylation sites (N-methyl/N-ethyl adjacent to an activating group) is 1. The highest BCUT2D eigenvalue weighted by molar-refractivity contribution is 7.17. The van der Waals surface area contributed by atoms with Gasteiger partial charge in [0.05, 0.1) is 11.6 Å². The van der Waals surface area contributed by atoms with Crippen LogP contribution in [0.2, 0.25) is 0 Å². The number of hydrogen-bond donors (Lipinski definition) is 1. The molecule has 1 atom stereocenters. The number of thiophene rings is 1. The van der Waals surface area contributed by atoms with E-state index in [2.05, 4.69) is 48.9 Å². The number of fused-ring (bicyclic) bond motifs is 1. The van der Waals surface area contributed by atoms with Gasteiger partial charge in [-0.15, -0.1) is 11.3 Å². The molecule has 2 nitrogen and oxygen atoms in total. The van der Waals surface area contributed by atoms with Crippen LogP contribution in [0.4, 0.5) is 0 Å². The molecule has 1 heterocycles. The molecule has 1 fully saturated rings. The van der Waals surface area contributed by atoms with Gasteiger partial charge in [0, 0.05) is 11.3 Å². The summed E-state index contributed by atoms with van der Waals surface area (Å²) in [6, 6.07) is 9.15. The monoisotopic (exact) mass is 303 g/mol. The van der Waals surface area contributed by atoms with E-state index in [0.29, 0.717) is 0 Å². The number of rotatable bonds is 5. The summed E-state index contributed by atoms with van der Waals surface area (Å²) in [4.78, 5) is 0. The minimum absolute atomic E-state index is 0.0416. The Balaban J connectivity index is 2.04. The molecule has 1 aromatic carbocycles. The van der Waals surface area contributed by atoms with Crippen LogP contribution in [0.3, 0.4) is 0 Å². The van der Waals surface area contributed by atoms with Crippen LogP contribution in [0, 0.1) is 0 Å². The fraction of sp³-hybridized carbons (Fsp3) is 0.556. The lowest BCUT2D eigenvalue weighted by molar-refractivity contribution is -0.0895. The van der Waals surface area contributed by atoms with Crippen molar-refractivity contribution in [2.45, 2.75) is 50.7 Å². The highest BCUT2D eigenvalue weighted by Gasteiger charge is 2.41. The third-order valence-electron chi connectivity index (χ3n) is 4.77. The zero-order valence-electron chi connectivity index (χ0n) is 13.0. The van der Waals surface area contributed by atoms with Crippen molar-refractivity contribution >= 4 is 21.4 Å². The summed E-state index contributed by atoms with van der Waals surface area (Å²) < 4.78 is 7.75. The quantitative estimate of drug-likeness (QED) is 0.848. The normalized spacial score (nSPS) is 19.7. The van der Waals surface area contributed by atoms with Gasteiger partial charge in [-0.2, -0.15) is 0 Å². The topological polar surface area (TPSA) is 21.3 Å².